The molecule has 18 heavy (non-hydrogen) atoms. The Hall–Kier alpha value is -0.0800. The molecule has 0 unspecified atom stereocenters. The standard InChI is InChI=1S/C16H32O2/c1-12(2)9-17-16(18-10-13(3)4)14(5,6)11-15(16,7)8/h12-13H,9-11H2,1-8H3. The molecule has 0 amide bonds. The Balaban J connectivity index is 2.86. The predicted octanol–water partition coefficient (Wildman–Crippen LogP) is 4.48. The molecule has 0 atom stereocenters. The third-order valence-corrected chi connectivity index (χ3v) is 3.91. The number of hydrogen-bond acceptors (Lipinski definition) is 2. The SMILES string of the molecule is CC(C)COC1(OCC(C)C)C(C)(C)CC1(C)C. The van der Waals surface area contributed by atoms with Crippen LogP contribution in [0.15, 0.2) is 0 Å². The van der Waals surface area contributed by atoms with Gasteiger partial charge in [-0.15, -0.1) is 0 Å². The smallest absolute Gasteiger partial charge is 0.178 e. The topological polar surface area (TPSA) is 18.5 Å². The van der Waals surface area contributed by atoms with E-state index in [9.17, 15) is 0 Å². The van der Waals surface area contributed by atoms with Gasteiger partial charge in [0.15, 0.2) is 5.79 Å². The molecular formula is C16H32O2. The van der Waals surface area contributed by atoms with E-state index in [1.54, 1.807) is 0 Å². The lowest BCUT2D eigenvalue weighted by Gasteiger charge is -2.65. The second kappa shape index (κ2) is 5.13. The normalized spacial score (nSPS) is 24.3. The van der Waals surface area contributed by atoms with Crippen molar-refractivity contribution in [1.82, 2.24) is 0 Å². The van der Waals surface area contributed by atoms with Crippen molar-refractivity contribution in [3.63, 3.8) is 0 Å². The highest BCUT2D eigenvalue weighted by atomic mass is 16.7. The highest BCUT2D eigenvalue weighted by Crippen LogP contribution is 2.64. The maximum absolute atomic E-state index is 6.29. The van der Waals surface area contributed by atoms with Crippen molar-refractivity contribution >= 4 is 0 Å². The number of rotatable bonds is 6. The van der Waals surface area contributed by atoms with Crippen LogP contribution in [0.3, 0.4) is 0 Å². The molecule has 0 saturated heterocycles. The van der Waals surface area contributed by atoms with Gasteiger partial charge in [-0.05, 0) is 18.3 Å². The van der Waals surface area contributed by atoms with Crippen LogP contribution in [0, 0.1) is 22.7 Å². The minimum atomic E-state index is -0.422. The molecule has 0 aromatic rings. The summed E-state index contributed by atoms with van der Waals surface area (Å²) in [5, 5.41) is 0. The Kier molecular flexibility index (Phi) is 4.55. The molecule has 0 spiro atoms. The largest absolute Gasteiger partial charge is 0.349 e. The van der Waals surface area contributed by atoms with Gasteiger partial charge in [0.25, 0.3) is 0 Å². The van der Waals surface area contributed by atoms with Gasteiger partial charge in [0, 0.05) is 10.8 Å². The molecule has 0 radical (unpaired) electrons. The van der Waals surface area contributed by atoms with Crippen LogP contribution in [-0.4, -0.2) is 19.0 Å². The molecule has 108 valence electrons. The van der Waals surface area contributed by atoms with Crippen molar-refractivity contribution in [2.24, 2.45) is 22.7 Å². The van der Waals surface area contributed by atoms with Crippen LogP contribution >= 0.6 is 0 Å². The van der Waals surface area contributed by atoms with Crippen molar-refractivity contribution in [1.29, 1.82) is 0 Å². The van der Waals surface area contributed by atoms with Gasteiger partial charge in [-0.2, -0.15) is 0 Å². The first kappa shape index (κ1) is 16.0. The fourth-order valence-corrected chi connectivity index (χ4v) is 3.54. The second-order valence-electron chi connectivity index (χ2n) is 7.97. The van der Waals surface area contributed by atoms with Gasteiger partial charge >= 0.3 is 0 Å². The van der Waals surface area contributed by atoms with Gasteiger partial charge in [0.2, 0.25) is 0 Å². The van der Waals surface area contributed by atoms with Gasteiger partial charge in [-0.1, -0.05) is 55.4 Å². The van der Waals surface area contributed by atoms with E-state index in [1.165, 1.54) is 0 Å². The van der Waals surface area contributed by atoms with E-state index in [0.29, 0.717) is 11.8 Å². The summed E-state index contributed by atoms with van der Waals surface area (Å²) in [7, 11) is 0. The van der Waals surface area contributed by atoms with Crippen LogP contribution in [0.25, 0.3) is 0 Å². The average Bonchev–Trinajstić information content (AvgIpc) is 2.13. The lowest BCUT2D eigenvalue weighted by atomic mass is 9.50. The summed E-state index contributed by atoms with van der Waals surface area (Å²) >= 11 is 0. The molecule has 1 rings (SSSR count). The lowest BCUT2D eigenvalue weighted by molar-refractivity contribution is -0.408. The Morgan fingerprint density at radius 3 is 1.33 bits per heavy atom. The molecule has 1 saturated carbocycles. The molecule has 0 aliphatic heterocycles. The summed E-state index contributed by atoms with van der Waals surface area (Å²) in [4.78, 5) is 0. The quantitative estimate of drug-likeness (QED) is 0.652. The van der Waals surface area contributed by atoms with Crippen LogP contribution < -0.4 is 0 Å². The number of hydrogen-bond donors (Lipinski definition) is 0. The minimum absolute atomic E-state index is 0.0975. The van der Waals surface area contributed by atoms with E-state index < -0.39 is 5.79 Å². The fraction of sp³-hybridized carbons (Fsp3) is 1.00. The molecule has 2 heteroatoms. The summed E-state index contributed by atoms with van der Waals surface area (Å²) in [5.74, 6) is 0.655. The zero-order valence-corrected chi connectivity index (χ0v) is 13.6. The molecule has 0 N–H and O–H groups in total. The molecule has 1 fully saturated rings. The highest BCUT2D eigenvalue weighted by Gasteiger charge is 2.68. The first-order valence-electron chi connectivity index (χ1n) is 7.32. The van der Waals surface area contributed by atoms with Crippen LogP contribution in [-0.2, 0) is 9.47 Å². The average molecular weight is 256 g/mol. The second-order valence-corrected chi connectivity index (χ2v) is 7.97. The van der Waals surface area contributed by atoms with Crippen molar-refractivity contribution in [2.45, 2.75) is 67.6 Å². The molecule has 1 aliphatic rings. The lowest BCUT2D eigenvalue weighted by Crippen LogP contribution is -2.70. The fourth-order valence-electron chi connectivity index (χ4n) is 3.54. The molecule has 0 bridgehead atoms. The zero-order chi connectivity index (χ0) is 14.2. The maximum Gasteiger partial charge on any atom is 0.178 e. The highest BCUT2D eigenvalue weighted by molar-refractivity contribution is 5.10. The van der Waals surface area contributed by atoms with Crippen molar-refractivity contribution in [2.75, 3.05) is 13.2 Å². The molecule has 0 heterocycles. The minimum Gasteiger partial charge on any atom is -0.349 e. The number of ether oxygens (including phenoxy) is 2. The van der Waals surface area contributed by atoms with E-state index >= 15 is 0 Å². The molecular weight excluding hydrogens is 224 g/mol. The third-order valence-electron chi connectivity index (χ3n) is 3.91. The van der Waals surface area contributed by atoms with Crippen molar-refractivity contribution in [3.05, 3.63) is 0 Å². The van der Waals surface area contributed by atoms with E-state index in [2.05, 4.69) is 55.4 Å². The Morgan fingerprint density at radius 1 is 0.778 bits per heavy atom. The van der Waals surface area contributed by atoms with Gasteiger partial charge < -0.3 is 9.47 Å². The summed E-state index contributed by atoms with van der Waals surface area (Å²) in [5.41, 5.74) is 0.195. The van der Waals surface area contributed by atoms with Gasteiger partial charge in [-0.25, -0.2) is 0 Å². The van der Waals surface area contributed by atoms with Gasteiger partial charge in [0.05, 0.1) is 13.2 Å². The Labute approximate surface area is 113 Å². The van der Waals surface area contributed by atoms with Gasteiger partial charge in [-0.3, -0.25) is 0 Å². The summed E-state index contributed by atoms with van der Waals surface area (Å²) in [6.07, 6.45) is 1.15. The van der Waals surface area contributed by atoms with Crippen LogP contribution in [0.5, 0.6) is 0 Å². The van der Waals surface area contributed by atoms with Gasteiger partial charge in [0.1, 0.15) is 0 Å². The maximum atomic E-state index is 6.29. The van der Waals surface area contributed by atoms with E-state index in [0.717, 1.165) is 19.6 Å². The Morgan fingerprint density at radius 2 is 1.11 bits per heavy atom. The summed E-state index contributed by atoms with van der Waals surface area (Å²) < 4.78 is 12.6. The Bertz CT molecular complexity index is 249. The van der Waals surface area contributed by atoms with E-state index in [-0.39, 0.29) is 10.8 Å². The monoisotopic (exact) mass is 256 g/mol. The van der Waals surface area contributed by atoms with Crippen molar-refractivity contribution in [3.8, 4) is 0 Å². The molecule has 1 aliphatic carbocycles. The molecule has 2 nitrogen and oxygen atoms in total. The third kappa shape index (κ3) is 2.75. The van der Waals surface area contributed by atoms with Crippen molar-refractivity contribution < 1.29 is 9.47 Å². The van der Waals surface area contributed by atoms with E-state index in [4.69, 9.17) is 9.47 Å². The summed E-state index contributed by atoms with van der Waals surface area (Å²) in [6.45, 7) is 19.3. The van der Waals surface area contributed by atoms with Crippen LogP contribution in [0.2, 0.25) is 0 Å². The van der Waals surface area contributed by atoms with E-state index in [1.807, 2.05) is 0 Å². The zero-order valence-electron chi connectivity index (χ0n) is 13.6. The summed E-state index contributed by atoms with van der Waals surface area (Å²) in [6, 6.07) is 0. The van der Waals surface area contributed by atoms with Crippen LogP contribution in [0.4, 0.5) is 0 Å². The van der Waals surface area contributed by atoms with Crippen LogP contribution in [0.1, 0.15) is 61.8 Å². The molecule has 0 aromatic heterocycles. The predicted molar refractivity (Wildman–Crippen MR) is 76.5 cm³/mol. The first-order valence-corrected chi connectivity index (χ1v) is 7.32. The molecule has 0 aromatic carbocycles. The first-order chi connectivity index (χ1) is 8.04.